The molecule has 1 aliphatic carbocycles. The molecule has 1 heterocycles. The second-order valence-corrected chi connectivity index (χ2v) is 6.53. The van der Waals surface area contributed by atoms with Crippen LogP contribution in [0.25, 0.3) is 0 Å². The van der Waals surface area contributed by atoms with E-state index in [4.69, 9.17) is 9.15 Å². The summed E-state index contributed by atoms with van der Waals surface area (Å²) in [4.78, 5) is 15.8. The van der Waals surface area contributed by atoms with Crippen LogP contribution in [0.5, 0.6) is 0 Å². The predicted octanol–water partition coefficient (Wildman–Crippen LogP) is 1.27. The average molecular weight is 273 g/mol. The molecule has 2 rings (SSSR count). The summed E-state index contributed by atoms with van der Waals surface area (Å²) in [5, 5.41) is 0. The molecule has 0 radical (unpaired) electrons. The lowest BCUT2D eigenvalue weighted by Crippen LogP contribution is -2.05. The molecule has 1 aromatic rings. The van der Waals surface area contributed by atoms with Crippen molar-refractivity contribution in [3.8, 4) is 0 Å². The van der Waals surface area contributed by atoms with Gasteiger partial charge in [0.1, 0.15) is 5.75 Å². The van der Waals surface area contributed by atoms with Gasteiger partial charge in [0.15, 0.2) is 9.84 Å². The van der Waals surface area contributed by atoms with Gasteiger partial charge in [-0.1, -0.05) is 0 Å². The van der Waals surface area contributed by atoms with Crippen molar-refractivity contribution in [3.05, 3.63) is 17.3 Å². The zero-order valence-electron chi connectivity index (χ0n) is 10.3. The highest BCUT2D eigenvalue weighted by atomic mass is 32.2. The lowest BCUT2D eigenvalue weighted by atomic mass is 10.2. The van der Waals surface area contributed by atoms with Gasteiger partial charge in [-0.15, -0.1) is 0 Å². The van der Waals surface area contributed by atoms with E-state index in [1.165, 1.54) is 0 Å². The Morgan fingerprint density at radius 3 is 2.67 bits per heavy atom. The molecule has 18 heavy (non-hydrogen) atoms. The fourth-order valence-electron chi connectivity index (χ4n) is 1.64. The van der Waals surface area contributed by atoms with Crippen LogP contribution in [-0.4, -0.2) is 32.2 Å². The Hall–Kier alpha value is -1.37. The minimum Gasteiger partial charge on any atom is -0.460 e. The molecule has 7 heteroatoms. The number of rotatable bonds is 5. The molecule has 1 fully saturated rings. The first-order chi connectivity index (χ1) is 8.40. The Morgan fingerprint density at radius 1 is 1.50 bits per heavy atom. The molecule has 6 nitrogen and oxygen atoms in total. The average Bonchev–Trinajstić information content (AvgIpc) is 2.99. The van der Waals surface area contributed by atoms with Crippen LogP contribution in [0, 0.1) is 0 Å². The van der Waals surface area contributed by atoms with Crippen LogP contribution in [0.15, 0.2) is 4.42 Å². The number of hydrogen-bond donors (Lipinski definition) is 0. The zero-order valence-corrected chi connectivity index (χ0v) is 11.1. The minimum absolute atomic E-state index is 0.0537. The Kier molecular flexibility index (Phi) is 3.43. The van der Waals surface area contributed by atoms with Crippen molar-refractivity contribution >= 4 is 15.8 Å². The second-order valence-electron chi connectivity index (χ2n) is 4.39. The first-order valence-electron chi connectivity index (χ1n) is 5.75. The fourth-order valence-corrected chi connectivity index (χ4v) is 2.21. The first kappa shape index (κ1) is 13.1. The van der Waals surface area contributed by atoms with Crippen molar-refractivity contribution in [1.29, 1.82) is 0 Å². The van der Waals surface area contributed by atoms with E-state index in [0.717, 1.165) is 19.1 Å². The number of ether oxygens (including phenoxy) is 1. The topological polar surface area (TPSA) is 86.5 Å². The van der Waals surface area contributed by atoms with E-state index in [1.54, 1.807) is 6.92 Å². The summed E-state index contributed by atoms with van der Waals surface area (Å²) >= 11 is 0. The SMILES string of the molecule is CCOC(=O)c1oc(CS(C)(=O)=O)nc1C1CC1. The standard InChI is InChI=1S/C11H15NO5S/c1-3-16-11(13)10-9(7-4-5-7)12-8(17-10)6-18(2,14)15/h7H,3-6H2,1-2H3. The van der Waals surface area contributed by atoms with Gasteiger partial charge in [0, 0.05) is 12.2 Å². The summed E-state index contributed by atoms with van der Waals surface area (Å²) in [5.74, 6) is -0.569. The van der Waals surface area contributed by atoms with Crippen molar-refractivity contribution < 1.29 is 22.4 Å². The number of nitrogens with zero attached hydrogens (tertiary/aromatic N) is 1. The second kappa shape index (κ2) is 4.72. The van der Waals surface area contributed by atoms with Gasteiger partial charge in [0.25, 0.3) is 0 Å². The minimum atomic E-state index is -3.23. The maximum atomic E-state index is 11.7. The molecule has 0 aliphatic heterocycles. The molecular formula is C11H15NO5S. The van der Waals surface area contributed by atoms with Crippen molar-refractivity contribution in [1.82, 2.24) is 4.98 Å². The number of carbonyl (C=O) groups is 1. The summed E-state index contributed by atoms with van der Waals surface area (Å²) < 4.78 is 32.5. The lowest BCUT2D eigenvalue weighted by Gasteiger charge is -1.98. The highest BCUT2D eigenvalue weighted by Gasteiger charge is 2.34. The number of sulfone groups is 1. The number of oxazole rings is 1. The molecule has 1 saturated carbocycles. The number of carbonyl (C=O) groups excluding carboxylic acids is 1. The highest BCUT2D eigenvalue weighted by molar-refractivity contribution is 7.89. The third kappa shape index (κ3) is 3.10. The van der Waals surface area contributed by atoms with Crippen LogP contribution in [0.2, 0.25) is 0 Å². The zero-order chi connectivity index (χ0) is 13.3. The summed E-state index contributed by atoms with van der Waals surface area (Å²) in [7, 11) is -3.23. The van der Waals surface area contributed by atoms with Crippen molar-refractivity contribution in [2.75, 3.05) is 12.9 Å². The molecule has 0 unspecified atom stereocenters. The molecule has 0 bridgehead atoms. The van der Waals surface area contributed by atoms with E-state index in [-0.39, 0.29) is 29.9 Å². The quantitative estimate of drug-likeness (QED) is 0.751. The number of esters is 1. The number of aromatic nitrogens is 1. The summed E-state index contributed by atoms with van der Waals surface area (Å²) in [6, 6.07) is 0. The van der Waals surface area contributed by atoms with Crippen LogP contribution < -0.4 is 0 Å². The van der Waals surface area contributed by atoms with Gasteiger partial charge >= 0.3 is 5.97 Å². The monoisotopic (exact) mass is 273 g/mol. The normalized spacial score (nSPS) is 15.7. The van der Waals surface area contributed by atoms with E-state index < -0.39 is 15.8 Å². The third-order valence-corrected chi connectivity index (χ3v) is 3.28. The van der Waals surface area contributed by atoms with Crippen LogP contribution in [0.1, 0.15) is 47.8 Å². The smallest absolute Gasteiger partial charge is 0.376 e. The Morgan fingerprint density at radius 2 is 2.17 bits per heavy atom. The number of hydrogen-bond acceptors (Lipinski definition) is 6. The van der Waals surface area contributed by atoms with Crippen LogP contribution >= 0.6 is 0 Å². The van der Waals surface area contributed by atoms with Gasteiger partial charge in [-0.25, -0.2) is 18.2 Å². The van der Waals surface area contributed by atoms with E-state index in [2.05, 4.69) is 4.98 Å². The molecule has 0 atom stereocenters. The van der Waals surface area contributed by atoms with E-state index in [9.17, 15) is 13.2 Å². The molecule has 0 amide bonds. The molecule has 1 aromatic heterocycles. The first-order valence-corrected chi connectivity index (χ1v) is 7.81. The van der Waals surface area contributed by atoms with Crippen molar-refractivity contribution in [3.63, 3.8) is 0 Å². The third-order valence-electron chi connectivity index (χ3n) is 2.51. The Balaban J connectivity index is 2.29. The molecular weight excluding hydrogens is 258 g/mol. The van der Waals surface area contributed by atoms with Crippen molar-refractivity contribution in [2.45, 2.75) is 31.4 Å². The van der Waals surface area contributed by atoms with Crippen LogP contribution in [0.3, 0.4) is 0 Å². The Bertz CT molecular complexity index is 556. The highest BCUT2D eigenvalue weighted by Crippen LogP contribution is 2.41. The van der Waals surface area contributed by atoms with Crippen LogP contribution in [-0.2, 0) is 20.3 Å². The predicted molar refractivity (Wildman–Crippen MR) is 63.0 cm³/mol. The molecule has 0 saturated heterocycles. The van der Waals surface area contributed by atoms with E-state index >= 15 is 0 Å². The molecule has 1 aliphatic rings. The van der Waals surface area contributed by atoms with E-state index in [0.29, 0.717) is 5.69 Å². The van der Waals surface area contributed by atoms with Gasteiger partial charge in [-0.3, -0.25) is 0 Å². The molecule has 100 valence electrons. The van der Waals surface area contributed by atoms with Gasteiger partial charge in [0.2, 0.25) is 11.7 Å². The molecule has 0 spiro atoms. The molecule has 0 aromatic carbocycles. The van der Waals surface area contributed by atoms with Crippen molar-refractivity contribution in [2.24, 2.45) is 0 Å². The lowest BCUT2D eigenvalue weighted by molar-refractivity contribution is 0.0486. The van der Waals surface area contributed by atoms with Gasteiger partial charge in [-0.05, 0) is 19.8 Å². The largest absolute Gasteiger partial charge is 0.460 e. The van der Waals surface area contributed by atoms with Crippen LogP contribution in [0.4, 0.5) is 0 Å². The molecule has 0 N–H and O–H groups in total. The maximum absolute atomic E-state index is 11.7. The summed E-state index contributed by atoms with van der Waals surface area (Å²) in [6.45, 7) is 1.94. The summed E-state index contributed by atoms with van der Waals surface area (Å²) in [5.41, 5.74) is 0.534. The van der Waals surface area contributed by atoms with Gasteiger partial charge in [-0.2, -0.15) is 0 Å². The maximum Gasteiger partial charge on any atom is 0.376 e. The summed E-state index contributed by atoms with van der Waals surface area (Å²) in [6.07, 6.45) is 2.98. The van der Waals surface area contributed by atoms with E-state index in [1.807, 2.05) is 0 Å². The fraction of sp³-hybridized carbons (Fsp3) is 0.636. The Labute approximate surface area is 105 Å². The van der Waals surface area contributed by atoms with Gasteiger partial charge < -0.3 is 9.15 Å². The van der Waals surface area contributed by atoms with Gasteiger partial charge in [0.05, 0.1) is 12.3 Å².